The Morgan fingerprint density at radius 2 is 1.81 bits per heavy atom. The highest BCUT2D eigenvalue weighted by molar-refractivity contribution is 8.15. The standard InChI is InChI=1S/C33H34F3N7O3S/c1-6-41(7-2)24-11-14-26(20(3)4)28(17-24)43-29(44)18-47-32(43)39-31(45)38-27-15-8-22(16-21(27)5)30-37-19-42(40-30)23-9-12-25(13-10-23)46-33(34,35)36/h8-17,19-20H,6-7,18H2,1-5H3,(H,38,45)/b39-32-. The molecule has 0 unspecified atom stereocenters. The molecule has 0 radical (unpaired) electrons. The number of anilines is 3. The number of halogens is 3. The van der Waals surface area contributed by atoms with Gasteiger partial charge >= 0.3 is 12.4 Å². The molecule has 4 aromatic rings. The lowest BCUT2D eigenvalue weighted by Crippen LogP contribution is -2.32. The van der Waals surface area contributed by atoms with Crippen molar-refractivity contribution in [3.8, 4) is 22.8 Å². The van der Waals surface area contributed by atoms with E-state index in [4.69, 9.17) is 0 Å². The van der Waals surface area contributed by atoms with E-state index in [1.807, 2.05) is 19.1 Å². The lowest BCUT2D eigenvalue weighted by atomic mass is 9.99. The first-order valence-corrected chi connectivity index (χ1v) is 16.0. The molecule has 1 aliphatic heterocycles. The second kappa shape index (κ2) is 13.9. The van der Waals surface area contributed by atoms with Crippen LogP contribution in [0.2, 0.25) is 0 Å². The predicted molar refractivity (Wildman–Crippen MR) is 179 cm³/mol. The summed E-state index contributed by atoms with van der Waals surface area (Å²) >= 11 is 1.22. The van der Waals surface area contributed by atoms with Gasteiger partial charge in [0.25, 0.3) is 0 Å². The number of alkyl halides is 3. The summed E-state index contributed by atoms with van der Waals surface area (Å²) < 4.78 is 42.8. The number of amides is 3. The van der Waals surface area contributed by atoms with Crippen LogP contribution in [0, 0.1) is 6.92 Å². The lowest BCUT2D eigenvalue weighted by molar-refractivity contribution is -0.274. The van der Waals surface area contributed by atoms with Crippen LogP contribution in [0.4, 0.5) is 35.0 Å². The maximum Gasteiger partial charge on any atom is 0.573 e. The zero-order valence-electron chi connectivity index (χ0n) is 26.5. The van der Waals surface area contributed by atoms with E-state index in [0.29, 0.717) is 27.9 Å². The number of nitrogens with one attached hydrogen (secondary N) is 1. The first kappa shape index (κ1) is 33.5. The number of urea groups is 1. The summed E-state index contributed by atoms with van der Waals surface area (Å²) in [6.45, 7) is 11.7. The summed E-state index contributed by atoms with van der Waals surface area (Å²) in [5.74, 6) is 0.225. The van der Waals surface area contributed by atoms with Crippen LogP contribution in [0.5, 0.6) is 5.75 Å². The van der Waals surface area contributed by atoms with Crippen molar-refractivity contribution in [3.63, 3.8) is 0 Å². The number of hydrogen-bond acceptors (Lipinski definition) is 7. The fourth-order valence-corrected chi connectivity index (χ4v) is 6.03. The number of aliphatic imine (C=N–C) groups is 1. The number of ether oxygens (including phenoxy) is 1. The second-order valence-corrected chi connectivity index (χ2v) is 11.9. The van der Waals surface area contributed by atoms with Crippen LogP contribution < -0.4 is 19.9 Å². The van der Waals surface area contributed by atoms with Crippen molar-refractivity contribution in [2.75, 3.05) is 34.0 Å². The van der Waals surface area contributed by atoms with Crippen molar-refractivity contribution in [1.29, 1.82) is 0 Å². The van der Waals surface area contributed by atoms with Crippen LogP contribution in [-0.2, 0) is 4.79 Å². The van der Waals surface area contributed by atoms with E-state index in [1.54, 1.807) is 23.1 Å². The number of thioether (sulfide) groups is 1. The third kappa shape index (κ3) is 7.76. The van der Waals surface area contributed by atoms with Gasteiger partial charge in [0.1, 0.15) is 12.1 Å². The zero-order chi connectivity index (χ0) is 33.9. The molecule has 1 aliphatic rings. The number of carbonyl (C=O) groups excluding carboxylic acids is 2. The molecule has 1 aromatic heterocycles. The Labute approximate surface area is 274 Å². The number of aromatic nitrogens is 3. The van der Waals surface area contributed by atoms with Gasteiger partial charge < -0.3 is 15.0 Å². The van der Waals surface area contributed by atoms with Gasteiger partial charge in [-0.2, -0.15) is 4.99 Å². The first-order chi connectivity index (χ1) is 22.4. The van der Waals surface area contributed by atoms with Crippen LogP contribution in [0.1, 0.15) is 44.7 Å². The van der Waals surface area contributed by atoms with E-state index in [1.165, 1.54) is 47.0 Å². The smallest absolute Gasteiger partial charge is 0.406 e. The first-order valence-electron chi connectivity index (χ1n) is 15.0. The SMILES string of the molecule is CCN(CC)c1ccc(C(C)C)c(N2C(=O)CS/C2=N\C(=O)Nc2ccc(-c3ncn(-c4ccc(OC(F)(F)F)cc4)n3)cc2C)c1. The van der Waals surface area contributed by atoms with Crippen molar-refractivity contribution >= 4 is 45.9 Å². The number of aryl methyl sites for hydroxylation is 1. The number of nitrogens with zero attached hydrogens (tertiary/aromatic N) is 6. The van der Waals surface area contributed by atoms with Crippen molar-refractivity contribution in [2.24, 2.45) is 4.99 Å². The van der Waals surface area contributed by atoms with Crippen LogP contribution >= 0.6 is 11.8 Å². The summed E-state index contributed by atoms with van der Waals surface area (Å²) in [7, 11) is 0. The summed E-state index contributed by atoms with van der Waals surface area (Å²) in [6.07, 6.45) is -3.33. The summed E-state index contributed by atoms with van der Waals surface area (Å²) in [6, 6.07) is 16.0. The fraction of sp³-hybridized carbons (Fsp3) is 0.303. The highest BCUT2D eigenvalue weighted by Gasteiger charge is 2.33. The Morgan fingerprint density at radius 3 is 2.45 bits per heavy atom. The van der Waals surface area contributed by atoms with Gasteiger partial charge in [0.2, 0.25) is 5.91 Å². The molecule has 246 valence electrons. The monoisotopic (exact) mass is 665 g/mol. The van der Waals surface area contributed by atoms with Gasteiger partial charge in [0.15, 0.2) is 11.0 Å². The van der Waals surface area contributed by atoms with Gasteiger partial charge in [-0.15, -0.1) is 18.3 Å². The maximum atomic E-state index is 13.1. The van der Waals surface area contributed by atoms with Crippen molar-refractivity contribution < 1.29 is 27.5 Å². The van der Waals surface area contributed by atoms with Crippen molar-refractivity contribution in [1.82, 2.24) is 14.8 Å². The third-order valence-corrected chi connectivity index (χ3v) is 8.44. The van der Waals surface area contributed by atoms with Gasteiger partial charge in [0, 0.05) is 30.0 Å². The summed E-state index contributed by atoms with van der Waals surface area (Å²) in [4.78, 5) is 38.6. The molecule has 1 fully saturated rings. The van der Waals surface area contributed by atoms with E-state index in [2.05, 4.69) is 63.8 Å². The molecule has 0 atom stereocenters. The summed E-state index contributed by atoms with van der Waals surface area (Å²) in [5, 5.41) is 7.57. The summed E-state index contributed by atoms with van der Waals surface area (Å²) in [5.41, 5.74) is 5.11. The lowest BCUT2D eigenvalue weighted by Gasteiger charge is -2.26. The second-order valence-electron chi connectivity index (χ2n) is 11.0. The molecule has 2 heterocycles. The molecule has 1 N–H and O–H groups in total. The molecule has 0 aliphatic carbocycles. The quantitative estimate of drug-likeness (QED) is 0.195. The minimum atomic E-state index is -4.78. The van der Waals surface area contributed by atoms with E-state index in [-0.39, 0.29) is 23.3 Å². The molecule has 0 spiro atoms. The highest BCUT2D eigenvalue weighted by atomic mass is 32.2. The molecule has 47 heavy (non-hydrogen) atoms. The Hall–Kier alpha value is -4.85. The molecule has 10 nitrogen and oxygen atoms in total. The Bertz CT molecular complexity index is 1800. The number of benzene rings is 3. The predicted octanol–water partition coefficient (Wildman–Crippen LogP) is 7.78. The molecule has 1 saturated heterocycles. The minimum absolute atomic E-state index is 0.141. The normalized spacial score (nSPS) is 14.3. The van der Waals surface area contributed by atoms with Gasteiger partial charge in [0.05, 0.1) is 17.1 Å². The molecule has 3 amide bonds. The van der Waals surface area contributed by atoms with Gasteiger partial charge in [-0.3, -0.25) is 9.69 Å². The van der Waals surface area contributed by atoms with Gasteiger partial charge in [-0.1, -0.05) is 31.7 Å². The van der Waals surface area contributed by atoms with E-state index in [9.17, 15) is 22.8 Å². The maximum absolute atomic E-state index is 13.1. The van der Waals surface area contributed by atoms with Crippen molar-refractivity contribution in [3.05, 3.63) is 78.1 Å². The molecule has 3 aromatic carbocycles. The van der Waals surface area contributed by atoms with Gasteiger partial charge in [-0.05, 0) is 92.4 Å². The van der Waals surface area contributed by atoms with E-state index in [0.717, 1.165) is 35.6 Å². The largest absolute Gasteiger partial charge is 0.573 e. The number of carbonyl (C=O) groups is 2. The van der Waals surface area contributed by atoms with Crippen LogP contribution in [0.15, 0.2) is 72.0 Å². The Balaban J connectivity index is 1.33. The number of rotatable bonds is 9. The van der Waals surface area contributed by atoms with Crippen LogP contribution in [-0.4, -0.2) is 57.1 Å². The zero-order valence-corrected chi connectivity index (χ0v) is 27.3. The average Bonchev–Trinajstić information content (AvgIpc) is 3.65. The Kier molecular flexibility index (Phi) is 9.89. The number of amidine groups is 1. The van der Waals surface area contributed by atoms with Gasteiger partial charge in [-0.25, -0.2) is 14.5 Å². The molecule has 14 heteroatoms. The Morgan fingerprint density at radius 1 is 1.09 bits per heavy atom. The number of hydrogen-bond donors (Lipinski definition) is 1. The molecule has 0 bridgehead atoms. The molecular weight excluding hydrogens is 631 g/mol. The topological polar surface area (TPSA) is 105 Å². The molecule has 5 rings (SSSR count). The highest BCUT2D eigenvalue weighted by Crippen LogP contribution is 2.36. The van der Waals surface area contributed by atoms with Crippen LogP contribution in [0.3, 0.4) is 0 Å². The molecule has 0 saturated carbocycles. The average molecular weight is 666 g/mol. The fourth-order valence-electron chi connectivity index (χ4n) is 5.17. The van der Waals surface area contributed by atoms with E-state index >= 15 is 0 Å². The molecular formula is C33H34F3N7O3S. The van der Waals surface area contributed by atoms with Crippen LogP contribution in [0.25, 0.3) is 17.1 Å². The van der Waals surface area contributed by atoms with E-state index < -0.39 is 12.4 Å². The minimum Gasteiger partial charge on any atom is -0.406 e. The van der Waals surface area contributed by atoms with Crippen molar-refractivity contribution in [2.45, 2.75) is 46.9 Å². The third-order valence-electron chi connectivity index (χ3n) is 7.52.